The lowest BCUT2D eigenvalue weighted by atomic mass is 10.3. The number of nitro groups is 1. The smallest absolute Gasteiger partial charge is 0.390 e. The van der Waals surface area contributed by atoms with Gasteiger partial charge in [-0.05, 0) is 11.8 Å². The molecule has 0 bridgehead atoms. The molecule has 0 unspecified atom stereocenters. The normalized spacial score (nSPS) is 11.2. The van der Waals surface area contributed by atoms with Gasteiger partial charge in [0.2, 0.25) is 6.33 Å². The lowest BCUT2D eigenvalue weighted by Gasteiger charge is -2.13. The number of carbonyl (C=O) groups is 1. The van der Waals surface area contributed by atoms with Gasteiger partial charge in [0, 0.05) is 11.6 Å². The highest BCUT2D eigenvalue weighted by Crippen LogP contribution is 2.16. The van der Waals surface area contributed by atoms with Crippen molar-refractivity contribution < 1.29 is 18.5 Å². The topological polar surface area (TPSA) is 103 Å². The van der Waals surface area contributed by atoms with E-state index < -0.39 is 29.2 Å². The van der Waals surface area contributed by atoms with E-state index in [0.717, 1.165) is 6.33 Å². The predicted molar refractivity (Wildman–Crippen MR) is 50.3 cm³/mol. The van der Waals surface area contributed by atoms with E-state index in [4.69, 9.17) is 0 Å². The molecule has 94 valence electrons. The van der Waals surface area contributed by atoms with Gasteiger partial charge in [-0.2, -0.15) is 13.5 Å². The Hall–Kier alpha value is -2.13. The van der Waals surface area contributed by atoms with Crippen LogP contribution in [-0.4, -0.2) is 38.1 Å². The largest absolute Gasteiger partial charge is 0.490 e. The molecule has 1 aromatic rings. The highest BCUT2D eigenvalue weighted by atomic mass is 19.3. The molecular weight excluding hydrogens is 240 g/mol. The first-order chi connectivity index (χ1) is 7.86. The third kappa shape index (κ3) is 3.16. The van der Waals surface area contributed by atoms with Gasteiger partial charge < -0.3 is 15.4 Å². The Morgan fingerprint density at radius 2 is 2.35 bits per heavy atom. The summed E-state index contributed by atoms with van der Waals surface area (Å²) in [5, 5.41) is 15.4. The van der Waals surface area contributed by atoms with Crippen molar-refractivity contribution in [3.63, 3.8) is 0 Å². The second-order valence-corrected chi connectivity index (χ2v) is 3.06. The summed E-state index contributed by atoms with van der Waals surface area (Å²) in [6.45, 7) is 0.458. The van der Waals surface area contributed by atoms with Gasteiger partial charge in [-0.1, -0.05) is 4.98 Å². The predicted octanol–water partition coefficient (Wildman–Crippen LogP) is -0.0423. The van der Waals surface area contributed by atoms with Crippen molar-refractivity contribution in [1.82, 2.24) is 20.1 Å². The van der Waals surface area contributed by atoms with Crippen LogP contribution >= 0.6 is 0 Å². The molecule has 0 spiro atoms. The number of amides is 1. The third-order valence-corrected chi connectivity index (χ3v) is 1.72. The molecule has 0 aliphatic carbocycles. The first-order valence-corrected chi connectivity index (χ1v) is 4.56. The zero-order valence-electron chi connectivity index (χ0n) is 8.76. The highest BCUT2D eigenvalue weighted by Gasteiger charge is 2.40. The fourth-order valence-electron chi connectivity index (χ4n) is 1.01. The molecule has 8 nitrogen and oxygen atoms in total. The van der Waals surface area contributed by atoms with Crippen LogP contribution in [0.15, 0.2) is 6.33 Å². The Balaban J connectivity index is 2.75. The summed E-state index contributed by atoms with van der Waals surface area (Å²) in [5.74, 6) is -5.95. The highest BCUT2D eigenvalue weighted by molar-refractivity contribution is 5.83. The van der Waals surface area contributed by atoms with Crippen molar-refractivity contribution in [2.75, 3.05) is 6.54 Å². The van der Waals surface area contributed by atoms with Crippen molar-refractivity contribution in [3.8, 4) is 0 Å². The number of rotatable bonds is 5. The number of aromatic nitrogens is 3. The van der Waals surface area contributed by atoms with Crippen molar-refractivity contribution in [3.05, 3.63) is 16.4 Å². The molecule has 0 aliphatic rings. The summed E-state index contributed by atoms with van der Waals surface area (Å²) in [6, 6.07) is 0. The van der Waals surface area contributed by atoms with Crippen LogP contribution in [0, 0.1) is 10.1 Å². The van der Waals surface area contributed by atoms with Gasteiger partial charge >= 0.3 is 11.9 Å². The number of hydrogen-bond acceptors (Lipinski definition) is 5. The molecule has 0 atom stereocenters. The summed E-state index contributed by atoms with van der Waals surface area (Å²) in [4.78, 5) is 23.4. The van der Waals surface area contributed by atoms with E-state index in [-0.39, 0.29) is 6.54 Å². The zero-order chi connectivity index (χ0) is 13.1. The fourth-order valence-corrected chi connectivity index (χ4v) is 1.01. The molecule has 1 rings (SSSR count). The van der Waals surface area contributed by atoms with Crippen LogP contribution in [0.2, 0.25) is 0 Å². The van der Waals surface area contributed by atoms with Gasteiger partial charge in [0.1, 0.15) is 6.54 Å². The zero-order valence-corrected chi connectivity index (χ0v) is 8.76. The first-order valence-electron chi connectivity index (χ1n) is 4.56. The molecule has 1 heterocycles. The second kappa shape index (κ2) is 4.80. The van der Waals surface area contributed by atoms with E-state index >= 15 is 0 Å². The summed E-state index contributed by atoms with van der Waals surface area (Å²) in [6.07, 6.45) is 0.769. The lowest BCUT2D eigenvalue weighted by molar-refractivity contribution is -0.394. The van der Waals surface area contributed by atoms with Crippen LogP contribution in [0.5, 0.6) is 0 Å². The summed E-state index contributed by atoms with van der Waals surface area (Å²) in [7, 11) is 0. The van der Waals surface area contributed by atoms with Gasteiger partial charge in [-0.25, -0.2) is 0 Å². The minimum Gasteiger partial charge on any atom is -0.390 e. The number of nitrogens with one attached hydrogen (secondary N) is 1. The Morgan fingerprint density at radius 1 is 1.71 bits per heavy atom. The average molecular weight is 249 g/mol. The van der Waals surface area contributed by atoms with Crippen LogP contribution in [0.4, 0.5) is 14.7 Å². The minimum atomic E-state index is -3.70. The maximum absolute atomic E-state index is 13.2. The standard InChI is InChI=1S/C7H9F2N5O3/c1-2-10-5(15)7(8,9)3-13-4-11-6(12-13)14(16)17/h4H,2-3H2,1H3,(H,10,15). The number of carbonyl (C=O) groups excluding carboxylic acids is 1. The molecule has 0 saturated heterocycles. The number of halogens is 2. The summed E-state index contributed by atoms with van der Waals surface area (Å²) in [5.41, 5.74) is 0. The van der Waals surface area contributed by atoms with E-state index in [1.54, 1.807) is 0 Å². The van der Waals surface area contributed by atoms with Crippen molar-refractivity contribution >= 4 is 11.9 Å². The van der Waals surface area contributed by atoms with Crippen molar-refractivity contribution in [2.24, 2.45) is 0 Å². The van der Waals surface area contributed by atoms with E-state index in [1.165, 1.54) is 6.92 Å². The van der Waals surface area contributed by atoms with Crippen molar-refractivity contribution in [2.45, 2.75) is 19.4 Å². The van der Waals surface area contributed by atoms with E-state index in [1.807, 2.05) is 5.32 Å². The van der Waals surface area contributed by atoms with Gasteiger partial charge in [0.15, 0.2) is 0 Å². The Bertz CT molecular complexity index is 433. The first kappa shape index (κ1) is 12.9. The molecule has 0 aromatic carbocycles. The molecule has 10 heteroatoms. The average Bonchev–Trinajstić information content (AvgIpc) is 2.66. The Labute approximate surface area is 93.8 Å². The Kier molecular flexibility index (Phi) is 3.66. The van der Waals surface area contributed by atoms with Crippen molar-refractivity contribution in [1.29, 1.82) is 0 Å². The quantitative estimate of drug-likeness (QED) is 0.582. The van der Waals surface area contributed by atoms with E-state index in [0.29, 0.717) is 4.68 Å². The molecular formula is C7H9F2N5O3. The van der Waals surface area contributed by atoms with Crippen LogP contribution in [-0.2, 0) is 11.3 Å². The fraction of sp³-hybridized carbons (Fsp3) is 0.571. The van der Waals surface area contributed by atoms with Crippen LogP contribution in [0.25, 0.3) is 0 Å². The van der Waals surface area contributed by atoms with Crippen LogP contribution < -0.4 is 5.32 Å². The van der Waals surface area contributed by atoms with Crippen LogP contribution in [0.3, 0.4) is 0 Å². The maximum Gasteiger partial charge on any atom is 0.490 e. The number of hydrogen-bond donors (Lipinski definition) is 1. The lowest BCUT2D eigenvalue weighted by Crippen LogP contribution is -2.43. The van der Waals surface area contributed by atoms with Crippen LogP contribution in [0.1, 0.15) is 6.92 Å². The monoisotopic (exact) mass is 249 g/mol. The molecule has 0 radical (unpaired) electrons. The molecule has 0 saturated carbocycles. The molecule has 1 aromatic heterocycles. The minimum absolute atomic E-state index is 0.0614. The number of nitrogens with zero attached hydrogens (tertiary/aromatic N) is 4. The van der Waals surface area contributed by atoms with Gasteiger partial charge in [0.05, 0.1) is 0 Å². The molecule has 0 aliphatic heterocycles. The second-order valence-electron chi connectivity index (χ2n) is 3.06. The van der Waals surface area contributed by atoms with Gasteiger partial charge in [-0.15, -0.1) is 0 Å². The van der Waals surface area contributed by atoms with E-state index in [9.17, 15) is 23.7 Å². The van der Waals surface area contributed by atoms with Gasteiger partial charge in [0.25, 0.3) is 5.91 Å². The Morgan fingerprint density at radius 3 is 2.82 bits per heavy atom. The summed E-state index contributed by atoms with van der Waals surface area (Å²) < 4.78 is 27.0. The molecule has 17 heavy (non-hydrogen) atoms. The van der Waals surface area contributed by atoms with E-state index in [2.05, 4.69) is 10.1 Å². The maximum atomic E-state index is 13.2. The number of alkyl halides is 2. The molecule has 0 fully saturated rings. The molecule has 1 amide bonds. The van der Waals surface area contributed by atoms with Gasteiger partial charge in [-0.3, -0.25) is 4.79 Å². The third-order valence-electron chi connectivity index (χ3n) is 1.72. The molecule has 1 N–H and O–H groups in total. The SMILES string of the molecule is CCNC(=O)C(F)(F)Cn1cnc([N+](=O)[O-])n1. The summed E-state index contributed by atoms with van der Waals surface area (Å²) >= 11 is 0.